The topological polar surface area (TPSA) is 103 Å². The second-order valence-corrected chi connectivity index (χ2v) is 8.58. The first-order chi connectivity index (χ1) is 15.4. The molecule has 0 spiro atoms. The Kier molecular flexibility index (Phi) is 5.22. The van der Waals surface area contributed by atoms with E-state index in [-0.39, 0.29) is 36.6 Å². The van der Waals surface area contributed by atoms with Gasteiger partial charge >= 0.3 is 0 Å². The van der Waals surface area contributed by atoms with Gasteiger partial charge in [0, 0.05) is 55.5 Å². The minimum absolute atomic E-state index is 0.192. The number of nitrogens with zero attached hydrogens (tertiary/aromatic N) is 3. The molecule has 2 fully saturated rings. The molecule has 1 aromatic heterocycles. The first kappa shape index (κ1) is 20.7. The van der Waals surface area contributed by atoms with Crippen LogP contribution in [-0.2, 0) is 22.7 Å². The molecular weight excluding hydrogens is 415 g/mol. The van der Waals surface area contributed by atoms with Crippen LogP contribution in [-0.4, -0.2) is 62.8 Å². The molecule has 0 saturated carbocycles. The number of hydrogen-bond donors (Lipinski definition) is 2. The van der Waals surface area contributed by atoms with Crippen molar-refractivity contribution in [1.82, 2.24) is 20.1 Å². The van der Waals surface area contributed by atoms with Crippen LogP contribution in [0.25, 0.3) is 11.3 Å². The van der Waals surface area contributed by atoms with Gasteiger partial charge in [0.05, 0.1) is 6.10 Å². The highest BCUT2D eigenvalue weighted by Gasteiger charge is 2.39. The van der Waals surface area contributed by atoms with E-state index in [1.165, 1.54) is 4.90 Å². The molecule has 0 radical (unpaired) electrons. The number of likely N-dealkylation sites (tertiary alicyclic amines) is 1. The molecule has 2 aromatic rings. The number of rotatable bonds is 4. The molecule has 8 nitrogen and oxygen atoms in total. The summed E-state index contributed by atoms with van der Waals surface area (Å²) in [7, 11) is 0. The number of benzene rings is 1. The van der Waals surface area contributed by atoms with Gasteiger partial charge in [0.1, 0.15) is 11.7 Å². The number of aliphatic hydroxyl groups excluding tert-OH is 1. The zero-order valence-electron chi connectivity index (χ0n) is 17.4. The SMILES string of the molecule is O=C1CCC(N2Cc3cc(-c4nccc(CN5CCC(O)C5)c4F)ccc3C2=O)C(=O)N1. The minimum Gasteiger partial charge on any atom is -0.392 e. The number of nitrogens with one attached hydrogen (secondary N) is 1. The van der Waals surface area contributed by atoms with Gasteiger partial charge in [0.15, 0.2) is 5.82 Å². The lowest BCUT2D eigenvalue weighted by atomic mass is 10.0. The molecule has 9 heteroatoms. The van der Waals surface area contributed by atoms with Crippen molar-refractivity contribution in [3.05, 3.63) is 53.0 Å². The number of carbonyl (C=O) groups excluding carboxylic acids is 3. The predicted molar refractivity (Wildman–Crippen MR) is 112 cm³/mol. The summed E-state index contributed by atoms with van der Waals surface area (Å²) in [5.74, 6) is -1.48. The fraction of sp³-hybridized carbons (Fsp3) is 0.391. The summed E-state index contributed by atoms with van der Waals surface area (Å²) < 4.78 is 15.3. The Morgan fingerprint density at radius 1 is 1.19 bits per heavy atom. The first-order valence-corrected chi connectivity index (χ1v) is 10.7. The van der Waals surface area contributed by atoms with Crippen molar-refractivity contribution in [3.63, 3.8) is 0 Å². The molecule has 0 aliphatic carbocycles. The van der Waals surface area contributed by atoms with Gasteiger partial charge in [-0.1, -0.05) is 6.07 Å². The fourth-order valence-corrected chi connectivity index (χ4v) is 4.73. The Labute approximate surface area is 184 Å². The number of piperidine rings is 1. The summed E-state index contributed by atoms with van der Waals surface area (Å²) >= 11 is 0. The number of aliphatic hydroxyl groups is 1. The largest absolute Gasteiger partial charge is 0.392 e. The number of imide groups is 1. The minimum atomic E-state index is -0.690. The van der Waals surface area contributed by atoms with Crippen LogP contribution < -0.4 is 5.32 Å². The van der Waals surface area contributed by atoms with Gasteiger partial charge in [-0.05, 0) is 36.6 Å². The molecule has 2 atom stereocenters. The van der Waals surface area contributed by atoms with Gasteiger partial charge in [0.2, 0.25) is 11.8 Å². The molecule has 3 aliphatic heterocycles. The lowest BCUT2D eigenvalue weighted by Crippen LogP contribution is -2.52. The van der Waals surface area contributed by atoms with E-state index >= 15 is 4.39 Å². The summed E-state index contributed by atoms with van der Waals surface area (Å²) in [5.41, 5.74) is 2.44. The zero-order chi connectivity index (χ0) is 22.4. The Balaban J connectivity index is 1.39. The predicted octanol–water partition coefficient (Wildman–Crippen LogP) is 1.22. The molecule has 166 valence electrons. The highest BCUT2D eigenvalue weighted by molar-refractivity contribution is 6.05. The molecule has 3 aliphatic rings. The number of fused-ring (bicyclic) bond motifs is 1. The van der Waals surface area contributed by atoms with Crippen LogP contribution in [0.15, 0.2) is 30.5 Å². The molecule has 3 amide bonds. The molecule has 2 saturated heterocycles. The van der Waals surface area contributed by atoms with Crippen LogP contribution in [0.2, 0.25) is 0 Å². The summed E-state index contributed by atoms with van der Waals surface area (Å²) in [5, 5.41) is 12.0. The first-order valence-electron chi connectivity index (χ1n) is 10.7. The number of β-amino-alcohol motifs (C(OH)–C–C–N with tert-alkyl or cyclic N) is 1. The number of aromatic nitrogens is 1. The van der Waals surface area contributed by atoms with Crippen molar-refractivity contribution < 1.29 is 23.9 Å². The third kappa shape index (κ3) is 3.67. The second kappa shape index (κ2) is 8.07. The normalized spacial score (nSPS) is 23.6. The summed E-state index contributed by atoms with van der Waals surface area (Å²) in [6.45, 7) is 1.86. The maximum Gasteiger partial charge on any atom is 0.255 e. The summed E-state index contributed by atoms with van der Waals surface area (Å²) in [4.78, 5) is 44.2. The standard InChI is InChI=1S/C23H23FN4O4/c24-20-14(10-27-8-6-16(29)12-27)5-7-25-21(20)13-1-2-17-15(9-13)11-28(23(17)32)18-3-4-19(30)26-22(18)31/h1-2,5,7,9,16,18,29H,3-4,6,8,10-12H2,(H,26,30,31). The molecule has 1 aromatic carbocycles. The number of amides is 3. The van der Waals surface area contributed by atoms with E-state index in [2.05, 4.69) is 10.3 Å². The maximum absolute atomic E-state index is 15.3. The van der Waals surface area contributed by atoms with E-state index in [0.717, 1.165) is 6.54 Å². The lowest BCUT2D eigenvalue weighted by Gasteiger charge is -2.29. The number of carbonyl (C=O) groups is 3. The van der Waals surface area contributed by atoms with Crippen molar-refractivity contribution in [3.8, 4) is 11.3 Å². The highest BCUT2D eigenvalue weighted by atomic mass is 19.1. The van der Waals surface area contributed by atoms with E-state index in [1.807, 2.05) is 4.90 Å². The van der Waals surface area contributed by atoms with Crippen molar-refractivity contribution in [2.24, 2.45) is 0 Å². The van der Waals surface area contributed by atoms with Gasteiger partial charge in [-0.15, -0.1) is 0 Å². The van der Waals surface area contributed by atoms with Gasteiger partial charge < -0.3 is 10.0 Å². The van der Waals surface area contributed by atoms with Crippen LogP contribution in [0.1, 0.15) is 40.7 Å². The van der Waals surface area contributed by atoms with Gasteiger partial charge in [-0.2, -0.15) is 0 Å². The van der Waals surface area contributed by atoms with Crippen LogP contribution >= 0.6 is 0 Å². The third-order valence-electron chi connectivity index (χ3n) is 6.41. The number of hydrogen-bond acceptors (Lipinski definition) is 6. The van der Waals surface area contributed by atoms with E-state index < -0.39 is 17.8 Å². The van der Waals surface area contributed by atoms with Gasteiger partial charge in [0.25, 0.3) is 5.91 Å². The van der Waals surface area contributed by atoms with E-state index in [1.54, 1.807) is 30.5 Å². The lowest BCUT2D eigenvalue weighted by molar-refractivity contribution is -0.136. The Bertz CT molecular complexity index is 1120. The van der Waals surface area contributed by atoms with E-state index in [0.29, 0.717) is 48.2 Å². The molecule has 5 rings (SSSR count). The molecule has 32 heavy (non-hydrogen) atoms. The second-order valence-electron chi connectivity index (χ2n) is 8.58. The zero-order valence-corrected chi connectivity index (χ0v) is 17.4. The average molecular weight is 438 g/mol. The van der Waals surface area contributed by atoms with Crippen LogP contribution in [0, 0.1) is 5.82 Å². The van der Waals surface area contributed by atoms with Gasteiger partial charge in [-0.25, -0.2) is 4.39 Å². The average Bonchev–Trinajstić information content (AvgIpc) is 3.32. The summed E-state index contributed by atoms with van der Waals surface area (Å²) in [6.07, 6.45) is 2.36. The van der Waals surface area contributed by atoms with E-state index in [9.17, 15) is 19.5 Å². The van der Waals surface area contributed by atoms with Crippen molar-refractivity contribution in [2.45, 2.75) is 44.5 Å². The van der Waals surface area contributed by atoms with Crippen LogP contribution in [0.3, 0.4) is 0 Å². The third-order valence-corrected chi connectivity index (χ3v) is 6.41. The van der Waals surface area contributed by atoms with Gasteiger partial charge in [-0.3, -0.25) is 29.6 Å². The van der Waals surface area contributed by atoms with Crippen LogP contribution in [0.4, 0.5) is 4.39 Å². The van der Waals surface area contributed by atoms with Crippen LogP contribution in [0.5, 0.6) is 0 Å². The Hall–Kier alpha value is -3.17. The molecule has 0 bridgehead atoms. The van der Waals surface area contributed by atoms with Crippen molar-refractivity contribution in [2.75, 3.05) is 13.1 Å². The molecule has 4 heterocycles. The van der Waals surface area contributed by atoms with E-state index in [4.69, 9.17) is 0 Å². The van der Waals surface area contributed by atoms with Crippen molar-refractivity contribution in [1.29, 1.82) is 0 Å². The number of halogens is 1. The molecular formula is C23H23FN4O4. The fourth-order valence-electron chi connectivity index (χ4n) is 4.73. The quantitative estimate of drug-likeness (QED) is 0.696. The number of pyridine rings is 1. The Morgan fingerprint density at radius 3 is 2.78 bits per heavy atom. The van der Waals surface area contributed by atoms with Crippen molar-refractivity contribution >= 4 is 17.7 Å². The molecule has 2 unspecified atom stereocenters. The maximum atomic E-state index is 15.3. The monoisotopic (exact) mass is 438 g/mol. The summed E-state index contributed by atoms with van der Waals surface area (Å²) in [6, 6.07) is 6.01. The highest BCUT2D eigenvalue weighted by Crippen LogP contribution is 2.32. The Morgan fingerprint density at radius 2 is 2.03 bits per heavy atom. The molecule has 2 N–H and O–H groups in total. The smallest absolute Gasteiger partial charge is 0.255 e.